The number of rotatable bonds is 3. The third-order valence-corrected chi connectivity index (χ3v) is 5.88. The van der Waals surface area contributed by atoms with Crippen LogP contribution in [0.5, 0.6) is 0 Å². The number of hydrogen-bond donors (Lipinski definition) is 1. The minimum Gasteiger partial charge on any atom is -0.367 e. The van der Waals surface area contributed by atoms with Crippen molar-refractivity contribution in [2.75, 3.05) is 11.6 Å². The summed E-state index contributed by atoms with van der Waals surface area (Å²) in [5.74, 6) is 0.351. The lowest BCUT2D eigenvalue weighted by atomic mass is 9.95. The van der Waals surface area contributed by atoms with Crippen molar-refractivity contribution in [2.45, 2.75) is 37.0 Å². The van der Waals surface area contributed by atoms with Crippen molar-refractivity contribution in [3.8, 4) is 0 Å². The lowest BCUT2D eigenvalue weighted by Crippen LogP contribution is -2.34. The second-order valence-electron chi connectivity index (χ2n) is 5.99. The van der Waals surface area contributed by atoms with E-state index in [0.29, 0.717) is 17.8 Å². The zero-order chi connectivity index (χ0) is 15.7. The fourth-order valence-electron chi connectivity index (χ4n) is 3.04. The first kappa shape index (κ1) is 15.2. The molecule has 1 aromatic heterocycles. The van der Waals surface area contributed by atoms with Crippen LogP contribution in [0.2, 0.25) is 0 Å². The van der Waals surface area contributed by atoms with E-state index >= 15 is 0 Å². The van der Waals surface area contributed by atoms with Crippen LogP contribution in [0.3, 0.4) is 0 Å². The highest BCUT2D eigenvalue weighted by molar-refractivity contribution is 7.91. The lowest BCUT2D eigenvalue weighted by molar-refractivity contribution is 0.452. The summed E-state index contributed by atoms with van der Waals surface area (Å²) in [6.07, 6.45) is 4.44. The van der Waals surface area contributed by atoms with Crippen molar-refractivity contribution in [3.05, 3.63) is 36.1 Å². The van der Waals surface area contributed by atoms with E-state index in [-0.39, 0.29) is 17.1 Å². The van der Waals surface area contributed by atoms with Crippen molar-refractivity contribution in [1.29, 1.82) is 0 Å². The van der Waals surface area contributed by atoms with Crippen molar-refractivity contribution in [1.82, 2.24) is 4.98 Å². The van der Waals surface area contributed by atoms with Gasteiger partial charge in [-0.1, -0.05) is 6.42 Å². The van der Waals surface area contributed by atoms with Gasteiger partial charge in [-0.25, -0.2) is 17.8 Å². The summed E-state index contributed by atoms with van der Waals surface area (Å²) < 4.78 is 36.7. The molecular weight excluding hydrogens is 303 g/mol. The Bertz CT molecular complexity index is 792. The van der Waals surface area contributed by atoms with E-state index in [1.54, 1.807) is 6.07 Å². The Hall–Kier alpha value is -1.69. The maximum absolute atomic E-state index is 13.3. The summed E-state index contributed by atoms with van der Waals surface area (Å²) in [5.41, 5.74) is 0.598. The molecule has 118 valence electrons. The number of nitrogens with zero attached hydrogens (tertiary/aromatic N) is 1. The van der Waals surface area contributed by atoms with E-state index in [1.807, 2.05) is 12.1 Å². The maximum atomic E-state index is 13.3. The molecule has 1 fully saturated rings. The van der Waals surface area contributed by atoms with Gasteiger partial charge in [0.15, 0.2) is 0 Å². The molecule has 22 heavy (non-hydrogen) atoms. The van der Waals surface area contributed by atoms with Crippen LogP contribution in [-0.4, -0.2) is 30.9 Å². The molecule has 2 aromatic rings. The summed E-state index contributed by atoms with van der Waals surface area (Å²) in [5, 5.41) is 3.89. The second-order valence-corrected chi connectivity index (χ2v) is 8.32. The standard InChI is InChI=1S/C16H19FN2O2S/c1-22(20,21)14-4-2-3-13(10-14)18-16-8-6-11-5-7-12(17)9-15(11)19-16/h5-9,13-14H,2-4,10H2,1H3,(H,18,19)/t13-,14-/m0/s1. The Morgan fingerprint density at radius 2 is 2.00 bits per heavy atom. The van der Waals surface area contributed by atoms with Gasteiger partial charge in [0.05, 0.1) is 10.8 Å². The number of anilines is 1. The number of sulfone groups is 1. The van der Waals surface area contributed by atoms with E-state index < -0.39 is 9.84 Å². The summed E-state index contributed by atoms with van der Waals surface area (Å²) in [4.78, 5) is 4.42. The van der Waals surface area contributed by atoms with Crippen LogP contribution < -0.4 is 5.32 Å². The average molecular weight is 322 g/mol. The monoisotopic (exact) mass is 322 g/mol. The number of halogens is 1. The number of fused-ring (bicyclic) bond motifs is 1. The van der Waals surface area contributed by atoms with Gasteiger partial charge in [0.25, 0.3) is 0 Å². The van der Waals surface area contributed by atoms with Gasteiger partial charge in [0, 0.05) is 23.8 Å². The molecule has 1 aromatic carbocycles. The first-order chi connectivity index (χ1) is 10.4. The molecule has 6 heteroatoms. The normalized spacial score (nSPS) is 22.6. The van der Waals surface area contributed by atoms with Gasteiger partial charge in [-0.3, -0.25) is 0 Å². The largest absolute Gasteiger partial charge is 0.367 e. The van der Waals surface area contributed by atoms with Gasteiger partial charge < -0.3 is 5.32 Å². The Morgan fingerprint density at radius 1 is 1.23 bits per heavy atom. The number of aromatic nitrogens is 1. The van der Waals surface area contributed by atoms with E-state index in [4.69, 9.17) is 0 Å². The molecule has 3 rings (SSSR count). The quantitative estimate of drug-likeness (QED) is 0.943. The van der Waals surface area contributed by atoms with Crippen LogP contribution in [-0.2, 0) is 9.84 Å². The summed E-state index contributed by atoms with van der Waals surface area (Å²) >= 11 is 0. The SMILES string of the molecule is CS(=O)(=O)[C@H]1CCC[C@H](Nc2ccc3ccc(F)cc3n2)C1. The molecule has 2 atom stereocenters. The van der Waals surface area contributed by atoms with Crippen LogP contribution in [0.15, 0.2) is 30.3 Å². The second kappa shape index (κ2) is 5.83. The molecule has 1 aliphatic carbocycles. The predicted octanol–water partition coefficient (Wildman–Crippen LogP) is 3.14. The topological polar surface area (TPSA) is 59.1 Å². The lowest BCUT2D eigenvalue weighted by Gasteiger charge is -2.29. The predicted molar refractivity (Wildman–Crippen MR) is 86.2 cm³/mol. The van der Waals surface area contributed by atoms with Gasteiger partial charge in [0.2, 0.25) is 0 Å². The smallest absolute Gasteiger partial charge is 0.150 e. The molecular formula is C16H19FN2O2S. The minimum absolute atomic E-state index is 0.0898. The first-order valence-electron chi connectivity index (χ1n) is 7.43. The van der Waals surface area contributed by atoms with Gasteiger partial charge in [-0.15, -0.1) is 0 Å². The van der Waals surface area contributed by atoms with Gasteiger partial charge >= 0.3 is 0 Å². The highest BCUT2D eigenvalue weighted by Gasteiger charge is 2.28. The molecule has 1 N–H and O–H groups in total. The molecule has 0 amide bonds. The van der Waals surface area contributed by atoms with Gasteiger partial charge in [0.1, 0.15) is 21.5 Å². The molecule has 0 saturated heterocycles. The fraction of sp³-hybridized carbons (Fsp3) is 0.438. The van der Waals surface area contributed by atoms with E-state index in [9.17, 15) is 12.8 Å². The van der Waals surface area contributed by atoms with Crippen LogP contribution in [0.25, 0.3) is 10.9 Å². The van der Waals surface area contributed by atoms with Crippen molar-refractivity contribution in [3.63, 3.8) is 0 Å². The van der Waals surface area contributed by atoms with Crippen molar-refractivity contribution < 1.29 is 12.8 Å². The highest BCUT2D eigenvalue weighted by atomic mass is 32.2. The zero-order valence-electron chi connectivity index (χ0n) is 12.4. The zero-order valence-corrected chi connectivity index (χ0v) is 13.2. The Labute approximate surface area is 129 Å². The maximum Gasteiger partial charge on any atom is 0.150 e. The summed E-state index contributed by atoms with van der Waals surface area (Å²) in [7, 11) is -3.00. The molecule has 0 radical (unpaired) electrons. The number of benzene rings is 1. The van der Waals surface area contributed by atoms with E-state index in [2.05, 4.69) is 10.3 Å². The van der Waals surface area contributed by atoms with Gasteiger partial charge in [-0.05, 0) is 43.5 Å². The number of pyridine rings is 1. The molecule has 1 heterocycles. The first-order valence-corrected chi connectivity index (χ1v) is 9.39. The third kappa shape index (κ3) is 3.38. The third-order valence-electron chi connectivity index (χ3n) is 4.24. The number of hydrogen-bond acceptors (Lipinski definition) is 4. The van der Waals surface area contributed by atoms with Crippen LogP contribution >= 0.6 is 0 Å². The molecule has 1 saturated carbocycles. The van der Waals surface area contributed by atoms with E-state index in [1.165, 1.54) is 18.4 Å². The molecule has 0 spiro atoms. The van der Waals surface area contributed by atoms with Crippen LogP contribution in [0.1, 0.15) is 25.7 Å². The summed E-state index contributed by atoms with van der Waals surface area (Å²) in [6.45, 7) is 0. The van der Waals surface area contributed by atoms with Crippen molar-refractivity contribution >= 4 is 26.6 Å². The number of nitrogens with one attached hydrogen (secondary N) is 1. The molecule has 1 aliphatic rings. The minimum atomic E-state index is -3.00. The molecule has 0 bridgehead atoms. The molecule has 4 nitrogen and oxygen atoms in total. The van der Waals surface area contributed by atoms with Crippen molar-refractivity contribution in [2.24, 2.45) is 0 Å². The fourth-order valence-corrected chi connectivity index (χ4v) is 4.22. The average Bonchev–Trinajstić information content (AvgIpc) is 2.46. The highest BCUT2D eigenvalue weighted by Crippen LogP contribution is 2.26. The molecule has 0 unspecified atom stereocenters. The Balaban J connectivity index is 1.78. The summed E-state index contributed by atoms with van der Waals surface area (Å²) in [6, 6.07) is 8.34. The van der Waals surface area contributed by atoms with Gasteiger partial charge in [-0.2, -0.15) is 0 Å². The van der Waals surface area contributed by atoms with E-state index in [0.717, 1.165) is 24.6 Å². The molecule has 0 aliphatic heterocycles. The Kier molecular flexibility index (Phi) is 4.04. The Morgan fingerprint density at radius 3 is 2.77 bits per heavy atom. The van der Waals surface area contributed by atoms with Crippen LogP contribution in [0, 0.1) is 5.82 Å². The van der Waals surface area contributed by atoms with Crippen LogP contribution in [0.4, 0.5) is 10.2 Å².